The number of anilines is 1. The second-order valence-electron chi connectivity index (χ2n) is 3.30. The minimum absolute atomic E-state index is 0.218. The van der Waals surface area contributed by atoms with E-state index < -0.39 is 0 Å². The molecular weight excluding hydrogens is 183 g/mol. The average Bonchev–Trinajstić information content (AvgIpc) is 2.14. The first-order valence-corrected chi connectivity index (χ1v) is 4.42. The summed E-state index contributed by atoms with van der Waals surface area (Å²) in [6.07, 6.45) is 0.626. The highest BCUT2D eigenvalue weighted by Gasteiger charge is 2.04. The molecule has 0 saturated heterocycles. The van der Waals surface area contributed by atoms with Crippen LogP contribution in [-0.2, 0) is 11.3 Å². The first-order chi connectivity index (χ1) is 6.65. The van der Waals surface area contributed by atoms with Gasteiger partial charge in [0.2, 0.25) is 0 Å². The van der Waals surface area contributed by atoms with Gasteiger partial charge in [-0.25, -0.2) is 10.3 Å². The number of hydrogen-bond donors (Lipinski definition) is 1. The number of hydrogen-bond acceptors (Lipinski definition) is 3. The summed E-state index contributed by atoms with van der Waals surface area (Å²) in [6, 6.07) is 5.13. The van der Waals surface area contributed by atoms with Gasteiger partial charge in [0, 0.05) is 14.1 Å². The topological polar surface area (TPSA) is 38.5 Å². The molecule has 0 saturated carbocycles. The second-order valence-corrected chi connectivity index (χ2v) is 3.30. The highest BCUT2D eigenvalue weighted by Crippen LogP contribution is 2.18. The summed E-state index contributed by atoms with van der Waals surface area (Å²) in [6.45, 7) is 0.404. The molecule has 0 amide bonds. The van der Waals surface area contributed by atoms with Gasteiger partial charge in [0.05, 0.1) is 12.3 Å². The summed E-state index contributed by atoms with van der Waals surface area (Å²) in [5.74, 6) is 4.67. The van der Waals surface area contributed by atoms with Crippen molar-refractivity contribution in [3.8, 4) is 0 Å². The first kappa shape index (κ1) is 10.9. The van der Waals surface area contributed by atoms with E-state index in [0.29, 0.717) is 18.7 Å². The molecule has 4 heteroatoms. The highest BCUT2D eigenvalue weighted by molar-refractivity contribution is 5.47. The Kier molecular flexibility index (Phi) is 3.85. The van der Waals surface area contributed by atoms with Crippen molar-refractivity contribution in [1.82, 2.24) is 0 Å². The van der Waals surface area contributed by atoms with Crippen LogP contribution in [0.5, 0.6) is 0 Å². The fourth-order valence-electron chi connectivity index (χ4n) is 1.25. The number of rotatable bonds is 4. The number of benzene rings is 1. The maximum atomic E-state index is 13.4. The van der Waals surface area contributed by atoms with Crippen molar-refractivity contribution < 1.29 is 9.23 Å². The van der Waals surface area contributed by atoms with Crippen LogP contribution in [0.2, 0.25) is 0 Å². The van der Waals surface area contributed by atoms with Crippen molar-refractivity contribution >= 4 is 5.69 Å². The number of nitrogens with two attached hydrogens (primary N) is 1. The van der Waals surface area contributed by atoms with Gasteiger partial charge in [-0.15, -0.1) is 0 Å². The Morgan fingerprint density at radius 1 is 1.43 bits per heavy atom. The van der Waals surface area contributed by atoms with Crippen LogP contribution in [-0.4, -0.2) is 20.7 Å². The fraction of sp³-hybridized carbons (Fsp3) is 0.400. The standard InChI is InChI=1S/C10H15FN2O/c1-13(2)10-4-3-8(5-6-14-12)7-9(10)11/h3-4,7H,5-6,12H2,1-2H3. The van der Waals surface area contributed by atoms with Gasteiger partial charge in [0.15, 0.2) is 0 Å². The summed E-state index contributed by atoms with van der Waals surface area (Å²) in [7, 11) is 3.61. The summed E-state index contributed by atoms with van der Waals surface area (Å²) >= 11 is 0. The van der Waals surface area contributed by atoms with E-state index in [0.717, 1.165) is 5.56 Å². The van der Waals surface area contributed by atoms with Crippen molar-refractivity contribution in [2.24, 2.45) is 5.90 Å². The maximum absolute atomic E-state index is 13.4. The van der Waals surface area contributed by atoms with Crippen LogP contribution in [0.25, 0.3) is 0 Å². The second kappa shape index (κ2) is 4.93. The molecule has 3 nitrogen and oxygen atoms in total. The normalized spacial score (nSPS) is 10.3. The van der Waals surface area contributed by atoms with Gasteiger partial charge in [0.1, 0.15) is 5.82 Å². The third-order valence-corrected chi connectivity index (χ3v) is 2.00. The van der Waals surface area contributed by atoms with Crippen LogP contribution in [0.4, 0.5) is 10.1 Å². The molecule has 0 radical (unpaired) electrons. The minimum Gasteiger partial charge on any atom is -0.375 e. The first-order valence-electron chi connectivity index (χ1n) is 4.42. The Morgan fingerprint density at radius 2 is 2.14 bits per heavy atom. The lowest BCUT2D eigenvalue weighted by Crippen LogP contribution is -2.11. The highest BCUT2D eigenvalue weighted by atomic mass is 19.1. The SMILES string of the molecule is CN(C)c1ccc(CCON)cc1F. The molecular formula is C10H15FN2O. The van der Waals surface area contributed by atoms with E-state index >= 15 is 0 Å². The van der Waals surface area contributed by atoms with E-state index in [1.54, 1.807) is 25.1 Å². The summed E-state index contributed by atoms with van der Waals surface area (Å²) in [5.41, 5.74) is 1.47. The van der Waals surface area contributed by atoms with Gasteiger partial charge in [-0.1, -0.05) is 6.07 Å². The van der Waals surface area contributed by atoms with E-state index in [2.05, 4.69) is 4.84 Å². The van der Waals surface area contributed by atoms with Crippen molar-refractivity contribution in [1.29, 1.82) is 0 Å². The predicted octanol–water partition coefficient (Wildman–Crippen LogP) is 1.32. The average molecular weight is 198 g/mol. The Balaban J connectivity index is 2.78. The molecule has 78 valence electrons. The maximum Gasteiger partial charge on any atom is 0.146 e. The predicted molar refractivity (Wildman–Crippen MR) is 54.6 cm³/mol. The Bertz CT molecular complexity index is 302. The molecule has 0 aliphatic rings. The fourth-order valence-corrected chi connectivity index (χ4v) is 1.25. The minimum atomic E-state index is -0.218. The largest absolute Gasteiger partial charge is 0.375 e. The van der Waals surface area contributed by atoms with Gasteiger partial charge >= 0.3 is 0 Å². The molecule has 0 unspecified atom stereocenters. The van der Waals surface area contributed by atoms with Crippen molar-refractivity contribution in [2.45, 2.75) is 6.42 Å². The van der Waals surface area contributed by atoms with E-state index in [9.17, 15) is 4.39 Å². The lowest BCUT2D eigenvalue weighted by atomic mass is 10.1. The van der Waals surface area contributed by atoms with Gasteiger partial charge in [-0.3, -0.25) is 0 Å². The van der Waals surface area contributed by atoms with Crippen LogP contribution >= 0.6 is 0 Å². The molecule has 0 bridgehead atoms. The molecule has 14 heavy (non-hydrogen) atoms. The third-order valence-electron chi connectivity index (χ3n) is 2.00. The Labute approximate surface area is 83.2 Å². The molecule has 0 aromatic heterocycles. The molecule has 2 N–H and O–H groups in total. The van der Waals surface area contributed by atoms with Crippen LogP contribution < -0.4 is 10.8 Å². The molecule has 1 aromatic carbocycles. The molecule has 0 atom stereocenters. The summed E-state index contributed by atoms with van der Waals surface area (Å²) in [5, 5.41) is 0. The summed E-state index contributed by atoms with van der Waals surface area (Å²) < 4.78 is 13.4. The Hall–Kier alpha value is -1.13. The molecule has 1 aromatic rings. The van der Waals surface area contributed by atoms with Crippen molar-refractivity contribution in [2.75, 3.05) is 25.6 Å². The van der Waals surface area contributed by atoms with Gasteiger partial charge in [0.25, 0.3) is 0 Å². The van der Waals surface area contributed by atoms with Crippen LogP contribution in [0.15, 0.2) is 18.2 Å². The molecule has 0 aliphatic carbocycles. The molecule has 0 spiro atoms. The molecule has 0 heterocycles. The quantitative estimate of drug-likeness (QED) is 0.742. The van der Waals surface area contributed by atoms with E-state index in [-0.39, 0.29) is 5.82 Å². The van der Waals surface area contributed by atoms with Gasteiger partial charge < -0.3 is 9.74 Å². The molecule has 1 rings (SSSR count). The zero-order valence-electron chi connectivity index (χ0n) is 8.46. The lowest BCUT2D eigenvalue weighted by Gasteiger charge is -2.13. The summed E-state index contributed by atoms with van der Waals surface area (Å²) in [4.78, 5) is 6.17. The van der Waals surface area contributed by atoms with Crippen LogP contribution in [0, 0.1) is 5.82 Å². The van der Waals surface area contributed by atoms with Gasteiger partial charge in [-0.2, -0.15) is 0 Å². The van der Waals surface area contributed by atoms with Crippen LogP contribution in [0.1, 0.15) is 5.56 Å². The molecule has 0 aliphatic heterocycles. The van der Waals surface area contributed by atoms with E-state index in [1.165, 1.54) is 6.07 Å². The van der Waals surface area contributed by atoms with E-state index in [1.807, 2.05) is 6.07 Å². The zero-order chi connectivity index (χ0) is 10.6. The van der Waals surface area contributed by atoms with Crippen LogP contribution in [0.3, 0.4) is 0 Å². The third kappa shape index (κ3) is 2.68. The Morgan fingerprint density at radius 3 is 2.64 bits per heavy atom. The lowest BCUT2D eigenvalue weighted by molar-refractivity contribution is 0.141. The molecule has 0 fully saturated rings. The monoisotopic (exact) mass is 198 g/mol. The van der Waals surface area contributed by atoms with Crippen molar-refractivity contribution in [3.05, 3.63) is 29.6 Å². The number of nitrogens with zero attached hydrogens (tertiary/aromatic N) is 1. The van der Waals surface area contributed by atoms with Crippen molar-refractivity contribution in [3.63, 3.8) is 0 Å². The van der Waals surface area contributed by atoms with E-state index in [4.69, 9.17) is 5.90 Å². The number of halogens is 1. The van der Waals surface area contributed by atoms with Gasteiger partial charge in [-0.05, 0) is 24.1 Å². The smallest absolute Gasteiger partial charge is 0.146 e. The zero-order valence-corrected chi connectivity index (χ0v) is 8.46.